The number of hydrogen-bond donors (Lipinski definition) is 1. The fourth-order valence-corrected chi connectivity index (χ4v) is 2.97. The maximum atomic E-state index is 13.0. The highest BCUT2D eigenvalue weighted by Crippen LogP contribution is 2.30. The lowest BCUT2D eigenvalue weighted by molar-refractivity contribution is 0.284. The molecule has 0 heterocycles. The summed E-state index contributed by atoms with van der Waals surface area (Å²) in [6.07, 6.45) is 0. The number of nitrogens with one attached hydrogen (secondary N) is 1. The zero-order valence-corrected chi connectivity index (χ0v) is 16.1. The van der Waals surface area contributed by atoms with Gasteiger partial charge in [-0.25, -0.2) is 4.39 Å². The van der Waals surface area contributed by atoms with E-state index in [0.717, 1.165) is 16.8 Å². The lowest BCUT2D eigenvalue weighted by Gasteiger charge is -2.14. The largest absolute Gasteiger partial charge is 0.493 e. The van der Waals surface area contributed by atoms with E-state index in [1.807, 2.05) is 24.3 Å². The molecule has 0 bridgehead atoms. The van der Waals surface area contributed by atoms with Crippen molar-refractivity contribution in [1.82, 2.24) is 0 Å². The SMILES string of the molecule is COc1cc(CNc2ccc(F)cc2)ccc1OCc1ccc(Cl)cc1Cl. The molecule has 3 rings (SSSR count). The average molecular weight is 406 g/mol. The van der Waals surface area contributed by atoms with Crippen molar-refractivity contribution < 1.29 is 13.9 Å². The van der Waals surface area contributed by atoms with Gasteiger partial charge in [0, 0.05) is 27.8 Å². The van der Waals surface area contributed by atoms with Gasteiger partial charge in [0.2, 0.25) is 0 Å². The smallest absolute Gasteiger partial charge is 0.161 e. The molecule has 0 saturated heterocycles. The Morgan fingerprint density at radius 3 is 2.41 bits per heavy atom. The zero-order valence-electron chi connectivity index (χ0n) is 14.6. The summed E-state index contributed by atoms with van der Waals surface area (Å²) in [4.78, 5) is 0. The van der Waals surface area contributed by atoms with Crippen molar-refractivity contribution in [2.75, 3.05) is 12.4 Å². The minimum atomic E-state index is -0.260. The van der Waals surface area contributed by atoms with Gasteiger partial charge in [0.25, 0.3) is 0 Å². The van der Waals surface area contributed by atoms with Crippen molar-refractivity contribution in [2.45, 2.75) is 13.2 Å². The minimum absolute atomic E-state index is 0.260. The molecular formula is C21H18Cl2FNO2. The Labute approximate surface area is 167 Å². The maximum absolute atomic E-state index is 13.0. The molecule has 3 aromatic rings. The van der Waals surface area contributed by atoms with Gasteiger partial charge in [0.1, 0.15) is 12.4 Å². The number of halogens is 3. The summed E-state index contributed by atoms with van der Waals surface area (Å²) >= 11 is 12.1. The Bertz CT molecular complexity index is 917. The fraction of sp³-hybridized carbons (Fsp3) is 0.143. The van der Waals surface area contributed by atoms with Crippen LogP contribution in [0.2, 0.25) is 10.0 Å². The summed E-state index contributed by atoms with van der Waals surface area (Å²) in [5.74, 6) is 0.983. The lowest BCUT2D eigenvalue weighted by Crippen LogP contribution is -2.02. The van der Waals surface area contributed by atoms with E-state index in [-0.39, 0.29) is 5.82 Å². The molecule has 0 fully saturated rings. The molecule has 27 heavy (non-hydrogen) atoms. The van der Waals surface area contributed by atoms with Gasteiger partial charge in [-0.2, -0.15) is 0 Å². The monoisotopic (exact) mass is 405 g/mol. The van der Waals surface area contributed by atoms with Crippen LogP contribution in [-0.2, 0) is 13.2 Å². The van der Waals surface area contributed by atoms with Gasteiger partial charge >= 0.3 is 0 Å². The summed E-state index contributed by atoms with van der Waals surface area (Å²) < 4.78 is 24.2. The van der Waals surface area contributed by atoms with E-state index in [4.69, 9.17) is 32.7 Å². The Kier molecular flexibility index (Phi) is 6.43. The number of benzene rings is 3. The van der Waals surface area contributed by atoms with Crippen LogP contribution in [0.4, 0.5) is 10.1 Å². The molecule has 0 aromatic heterocycles. The highest BCUT2D eigenvalue weighted by Gasteiger charge is 2.08. The molecular weight excluding hydrogens is 388 g/mol. The van der Waals surface area contributed by atoms with Gasteiger partial charge in [-0.15, -0.1) is 0 Å². The maximum Gasteiger partial charge on any atom is 0.161 e. The van der Waals surface area contributed by atoms with E-state index in [0.29, 0.717) is 34.7 Å². The molecule has 6 heteroatoms. The third kappa shape index (κ3) is 5.28. The van der Waals surface area contributed by atoms with Crippen LogP contribution < -0.4 is 14.8 Å². The van der Waals surface area contributed by atoms with E-state index < -0.39 is 0 Å². The zero-order chi connectivity index (χ0) is 19.2. The van der Waals surface area contributed by atoms with E-state index >= 15 is 0 Å². The number of hydrogen-bond acceptors (Lipinski definition) is 3. The molecule has 0 amide bonds. The van der Waals surface area contributed by atoms with Crippen LogP contribution in [0.15, 0.2) is 60.7 Å². The van der Waals surface area contributed by atoms with Gasteiger partial charge in [-0.05, 0) is 54.1 Å². The quantitative estimate of drug-likeness (QED) is 0.497. The lowest BCUT2D eigenvalue weighted by atomic mass is 10.2. The molecule has 0 aliphatic heterocycles. The molecule has 3 aromatic carbocycles. The van der Waals surface area contributed by atoms with Crippen molar-refractivity contribution in [3.8, 4) is 11.5 Å². The number of ether oxygens (including phenoxy) is 2. The number of methoxy groups -OCH3 is 1. The standard InChI is InChI=1S/C21H18Cl2FNO2/c1-26-21-10-14(12-25-18-7-5-17(24)6-8-18)2-9-20(21)27-13-15-3-4-16(22)11-19(15)23/h2-11,25H,12-13H2,1H3. The molecule has 3 nitrogen and oxygen atoms in total. The van der Waals surface area contributed by atoms with Crippen molar-refractivity contribution in [2.24, 2.45) is 0 Å². The van der Waals surface area contributed by atoms with Crippen LogP contribution in [-0.4, -0.2) is 7.11 Å². The summed E-state index contributed by atoms with van der Waals surface area (Å²) in [5, 5.41) is 4.38. The van der Waals surface area contributed by atoms with E-state index in [9.17, 15) is 4.39 Å². The minimum Gasteiger partial charge on any atom is -0.493 e. The highest BCUT2D eigenvalue weighted by atomic mass is 35.5. The first-order valence-corrected chi connectivity index (χ1v) is 9.04. The van der Waals surface area contributed by atoms with Crippen LogP contribution in [0.1, 0.15) is 11.1 Å². The van der Waals surface area contributed by atoms with Gasteiger partial charge in [-0.3, -0.25) is 0 Å². The predicted octanol–water partition coefficient (Wildman–Crippen LogP) is 6.33. The van der Waals surface area contributed by atoms with Crippen molar-refractivity contribution >= 4 is 28.9 Å². The number of rotatable bonds is 7. The van der Waals surface area contributed by atoms with E-state index in [1.54, 1.807) is 31.4 Å². The first-order valence-electron chi connectivity index (χ1n) is 8.28. The van der Waals surface area contributed by atoms with Gasteiger partial charge in [0.15, 0.2) is 11.5 Å². The van der Waals surface area contributed by atoms with E-state index in [1.165, 1.54) is 12.1 Å². The Morgan fingerprint density at radius 1 is 0.926 bits per heavy atom. The Morgan fingerprint density at radius 2 is 1.70 bits per heavy atom. The second-order valence-corrected chi connectivity index (χ2v) is 6.71. The molecule has 0 radical (unpaired) electrons. The highest BCUT2D eigenvalue weighted by molar-refractivity contribution is 6.35. The molecule has 1 N–H and O–H groups in total. The van der Waals surface area contributed by atoms with Crippen molar-refractivity contribution in [1.29, 1.82) is 0 Å². The summed E-state index contributed by atoms with van der Waals surface area (Å²) in [6.45, 7) is 0.880. The molecule has 0 aliphatic rings. The molecule has 0 unspecified atom stereocenters. The second kappa shape index (κ2) is 8.98. The average Bonchev–Trinajstić information content (AvgIpc) is 2.67. The third-order valence-electron chi connectivity index (χ3n) is 3.97. The molecule has 140 valence electrons. The normalized spacial score (nSPS) is 10.5. The second-order valence-electron chi connectivity index (χ2n) is 5.87. The first-order chi connectivity index (χ1) is 13.0. The fourth-order valence-electron chi connectivity index (χ4n) is 2.51. The van der Waals surface area contributed by atoms with Gasteiger partial charge < -0.3 is 14.8 Å². The van der Waals surface area contributed by atoms with Crippen LogP contribution >= 0.6 is 23.2 Å². The Balaban J connectivity index is 1.65. The molecule has 0 aliphatic carbocycles. The van der Waals surface area contributed by atoms with Crippen LogP contribution in [0.5, 0.6) is 11.5 Å². The van der Waals surface area contributed by atoms with Crippen molar-refractivity contribution in [3.05, 3.63) is 87.7 Å². The molecule has 0 spiro atoms. The predicted molar refractivity (Wildman–Crippen MR) is 108 cm³/mol. The molecule has 0 saturated carbocycles. The van der Waals surface area contributed by atoms with Gasteiger partial charge in [0.05, 0.1) is 7.11 Å². The Hall–Kier alpha value is -2.43. The van der Waals surface area contributed by atoms with Crippen LogP contribution in [0.25, 0.3) is 0 Å². The van der Waals surface area contributed by atoms with Crippen LogP contribution in [0.3, 0.4) is 0 Å². The first kappa shape index (κ1) is 19.3. The summed E-state index contributed by atoms with van der Waals surface area (Å²) in [5.41, 5.74) is 2.69. The summed E-state index contributed by atoms with van der Waals surface area (Å²) in [7, 11) is 1.59. The topological polar surface area (TPSA) is 30.5 Å². The summed E-state index contributed by atoms with van der Waals surface area (Å²) in [6, 6.07) is 17.2. The number of anilines is 1. The molecule has 0 atom stereocenters. The van der Waals surface area contributed by atoms with E-state index in [2.05, 4.69) is 5.32 Å². The van der Waals surface area contributed by atoms with Crippen LogP contribution in [0, 0.1) is 5.82 Å². The van der Waals surface area contributed by atoms with Gasteiger partial charge in [-0.1, -0.05) is 35.3 Å². The third-order valence-corrected chi connectivity index (χ3v) is 4.55. The van der Waals surface area contributed by atoms with Crippen molar-refractivity contribution in [3.63, 3.8) is 0 Å².